The molecule has 1 atom stereocenters. The molecule has 0 spiro atoms. The van der Waals surface area contributed by atoms with Gasteiger partial charge in [0.2, 0.25) is 5.91 Å². The van der Waals surface area contributed by atoms with Gasteiger partial charge in [-0.25, -0.2) is 15.0 Å². The maximum absolute atomic E-state index is 13.5. The number of imidazole rings is 1. The molecule has 2 saturated heterocycles. The van der Waals surface area contributed by atoms with Gasteiger partial charge in [0.1, 0.15) is 17.9 Å². The Balaban J connectivity index is 1.13. The summed E-state index contributed by atoms with van der Waals surface area (Å²) in [4.78, 5) is 34.4. The summed E-state index contributed by atoms with van der Waals surface area (Å²) in [7, 11) is 1.68. The van der Waals surface area contributed by atoms with Crippen molar-refractivity contribution in [3.63, 3.8) is 0 Å². The van der Waals surface area contributed by atoms with Crippen LogP contribution in [-0.2, 0) is 17.8 Å². The molecule has 3 aliphatic heterocycles. The highest BCUT2D eigenvalue weighted by Crippen LogP contribution is 2.30. The van der Waals surface area contributed by atoms with Crippen molar-refractivity contribution in [2.24, 2.45) is 5.92 Å². The van der Waals surface area contributed by atoms with E-state index in [-0.39, 0.29) is 11.8 Å². The average Bonchev–Trinajstić information content (AvgIpc) is 3.13. The first kappa shape index (κ1) is 23.1. The molecule has 9 nitrogen and oxygen atoms in total. The summed E-state index contributed by atoms with van der Waals surface area (Å²) in [6.07, 6.45) is 8.18. The van der Waals surface area contributed by atoms with Crippen LogP contribution in [0.4, 0.5) is 11.5 Å². The lowest BCUT2D eigenvalue weighted by molar-refractivity contribution is -0.136. The number of piperidine rings is 1. The van der Waals surface area contributed by atoms with Crippen LogP contribution in [0.25, 0.3) is 11.2 Å². The lowest BCUT2D eigenvalue weighted by atomic mass is 9.96. The van der Waals surface area contributed by atoms with Gasteiger partial charge in [0.05, 0.1) is 13.0 Å². The first-order chi connectivity index (χ1) is 17.7. The van der Waals surface area contributed by atoms with Gasteiger partial charge >= 0.3 is 0 Å². The van der Waals surface area contributed by atoms with Crippen LogP contribution in [0.1, 0.15) is 37.9 Å². The number of amides is 1. The average molecular weight is 490 g/mol. The van der Waals surface area contributed by atoms with Crippen LogP contribution < -0.4 is 14.5 Å². The minimum atomic E-state index is -0.00302. The zero-order chi connectivity index (χ0) is 24.5. The Morgan fingerprint density at radius 2 is 1.75 bits per heavy atom. The molecule has 9 heteroatoms. The van der Waals surface area contributed by atoms with Crippen LogP contribution in [0.2, 0.25) is 0 Å². The summed E-state index contributed by atoms with van der Waals surface area (Å²) in [5.41, 5.74) is 3.02. The Hall–Kier alpha value is -3.36. The number of carbonyl (C=O) groups is 1. The van der Waals surface area contributed by atoms with E-state index in [1.807, 2.05) is 12.1 Å². The van der Waals surface area contributed by atoms with Crippen molar-refractivity contribution in [3.8, 4) is 5.75 Å². The monoisotopic (exact) mass is 489 g/mol. The number of nitrogens with zero attached hydrogens (tertiary/aromatic N) is 7. The molecular weight excluding hydrogens is 454 g/mol. The maximum atomic E-state index is 13.5. The quantitative estimate of drug-likeness (QED) is 0.557. The van der Waals surface area contributed by atoms with Crippen molar-refractivity contribution >= 4 is 28.6 Å². The fraction of sp³-hybridized carbons (Fsp3) is 0.556. The van der Waals surface area contributed by atoms with E-state index in [0.29, 0.717) is 6.54 Å². The summed E-state index contributed by atoms with van der Waals surface area (Å²) in [5, 5.41) is 0. The Morgan fingerprint density at radius 1 is 0.917 bits per heavy atom. The smallest absolute Gasteiger partial charge is 0.227 e. The molecule has 36 heavy (non-hydrogen) atoms. The Kier molecular flexibility index (Phi) is 6.37. The highest BCUT2D eigenvalue weighted by Gasteiger charge is 2.33. The minimum absolute atomic E-state index is 0.00302. The predicted molar refractivity (Wildman–Crippen MR) is 140 cm³/mol. The lowest BCUT2D eigenvalue weighted by Gasteiger charge is -2.40. The number of aromatic nitrogens is 4. The van der Waals surface area contributed by atoms with Gasteiger partial charge in [-0.1, -0.05) is 6.42 Å². The van der Waals surface area contributed by atoms with E-state index in [4.69, 9.17) is 9.72 Å². The minimum Gasteiger partial charge on any atom is -0.497 e. The maximum Gasteiger partial charge on any atom is 0.227 e. The number of hydrogen-bond donors (Lipinski definition) is 0. The van der Waals surface area contributed by atoms with Crippen LogP contribution in [0.5, 0.6) is 5.75 Å². The van der Waals surface area contributed by atoms with E-state index >= 15 is 0 Å². The second kappa shape index (κ2) is 9.95. The van der Waals surface area contributed by atoms with Gasteiger partial charge in [-0.3, -0.25) is 4.79 Å². The van der Waals surface area contributed by atoms with Crippen LogP contribution in [0, 0.1) is 5.92 Å². The molecule has 3 aliphatic rings. The topological polar surface area (TPSA) is 79.6 Å². The van der Waals surface area contributed by atoms with E-state index < -0.39 is 0 Å². The molecule has 0 aliphatic carbocycles. The number of rotatable bonds is 4. The second-order valence-corrected chi connectivity index (χ2v) is 10.2. The number of ether oxygens (including phenoxy) is 1. The molecule has 2 fully saturated rings. The summed E-state index contributed by atoms with van der Waals surface area (Å²) < 4.78 is 7.55. The summed E-state index contributed by atoms with van der Waals surface area (Å²) in [5.74, 6) is 3.16. The number of anilines is 2. The third-order valence-electron chi connectivity index (χ3n) is 7.97. The van der Waals surface area contributed by atoms with Gasteiger partial charge in [0, 0.05) is 57.9 Å². The summed E-state index contributed by atoms with van der Waals surface area (Å²) in [6.45, 7) is 5.79. The lowest BCUT2D eigenvalue weighted by Crippen LogP contribution is -2.52. The molecule has 0 N–H and O–H groups in total. The Labute approximate surface area is 212 Å². The standard InChI is InChI=1S/C27H35N7O2/c1-36-22-10-8-21(9-11-22)31-14-16-32(17-15-31)27(35)20-6-5-12-33(18-20)25-24-26(29-19-28-25)34-13-4-2-3-7-23(34)30-24/h8-11,19-20H,2-7,12-18H2,1H3/t20-/m0/s1. The molecule has 3 aromatic rings. The van der Waals surface area contributed by atoms with Crippen molar-refractivity contribution in [2.45, 2.75) is 45.1 Å². The molecular formula is C27H35N7O2. The van der Waals surface area contributed by atoms with Gasteiger partial charge in [-0.15, -0.1) is 0 Å². The number of carbonyl (C=O) groups excluding carboxylic acids is 1. The number of piperazine rings is 1. The number of methoxy groups -OCH3 is 1. The molecule has 2 aromatic heterocycles. The normalized spacial score (nSPS) is 20.8. The van der Waals surface area contributed by atoms with Gasteiger partial charge in [0.25, 0.3) is 0 Å². The van der Waals surface area contributed by atoms with Crippen molar-refractivity contribution in [1.29, 1.82) is 0 Å². The van der Waals surface area contributed by atoms with Gasteiger partial charge < -0.3 is 24.0 Å². The molecule has 1 aromatic carbocycles. The number of fused-ring (bicyclic) bond motifs is 3. The van der Waals surface area contributed by atoms with Gasteiger partial charge in [0.15, 0.2) is 17.0 Å². The molecule has 0 unspecified atom stereocenters. The molecule has 0 bridgehead atoms. The zero-order valence-electron chi connectivity index (χ0n) is 21.1. The molecule has 0 radical (unpaired) electrons. The summed E-state index contributed by atoms with van der Waals surface area (Å²) >= 11 is 0. The molecule has 5 heterocycles. The number of aryl methyl sites for hydroxylation is 2. The van der Waals surface area contributed by atoms with Crippen LogP contribution >= 0.6 is 0 Å². The van der Waals surface area contributed by atoms with E-state index in [1.54, 1.807) is 13.4 Å². The van der Waals surface area contributed by atoms with E-state index in [0.717, 1.165) is 87.1 Å². The van der Waals surface area contributed by atoms with Crippen LogP contribution in [-0.4, -0.2) is 76.7 Å². The molecule has 6 rings (SSSR count). The Morgan fingerprint density at radius 3 is 2.56 bits per heavy atom. The third-order valence-corrected chi connectivity index (χ3v) is 7.97. The number of benzene rings is 1. The SMILES string of the molecule is COc1ccc(N2CCN(C(=O)[C@H]3CCCN(c4ncnc5c4nc4n5CCCCC4)C3)CC2)cc1. The highest BCUT2D eigenvalue weighted by atomic mass is 16.5. The first-order valence-corrected chi connectivity index (χ1v) is 13.3. The van der Waals surface area contributed by atoms with Gasteiger partial charge in [-0.05, 0) is 49.9 Å². The molecule has 0 saturated carbocycles. The second-order valence-electron chi connectivity index (χ2n) is 10.2. The predicted octanol–water partition coefficient (Wildman–Crippen LogP) is 3.13. The molecule has 190 valence electrons. The van der Waals surface area contributed by atoms with Crippen molar-refractivity contribution in [3.05, 3.63) is 36.4 Å². The largest absolute Gasteiger partial charge is 0.497 e. The van der Waals surface area contributed by atoms with E-state index in [1.165, 1.54) is 24.9 Å². The summed E-state index contributed by atoms with van der Waals surface area (Å²) in [6, 6.07) is 8.16. The zero-order valence-corrected chi connectivity index (χ0v) is 21.1. The third kappa shape index (κ3) is 4.35. The Bertz CT molecular complexity index is 1220. The van der Waals surface area contributed by atoms with Crippen LogP contribution in [0.15, 0.2) is 30.6 Å². The number of hydrogen-bond acceptors (Lipinski definition) is 7. The van der Waals surface area contributed by atoms with Gasteiger partial charge in [-0.2, -0.15) is 0 Å². The van der Waals surface area contributed by atoms with E-state index in [2.05, 4.69) is 41.4 Å². The van der Waals surface area contributed by atoms with Crippen molar-refractivity contribution in [1.82, 2.24) is 24.4 Å². The van der Waals surface area contributed by atoms with Crippen LogP contribution in [0.3, 0.4) is 0 Å². The fourth-order valence-corrected chi connectivity index (χ4v) is 5.96. The fourth-order valence-electron chi connectivity index (χ4n) is 5.96. The first-order valence-electron chi connectivity index (χ1n) is 13.3. The van der Waals surface area contributed by atoms with E-state index in [9.17, 15) is 4.79 Å². The van der Waals surface area contributed by atoms with Crippen molar-refractivity contribution in [2.75, 3.05) is 56.2 Å². The highest BCUT2D eigenvalue weighted by molar-refractivity contribution is 5.85. The van der Waals surface area contributed by atoms with Crippen molar-refractivity contribution < 1.29 is 9.53 Å². The molecule has 1 amide bonds.